The van der Waals surface area contributed by atoms with Crippen molar-refractivity contribution < 1.29 is 14.3 Å². The summed E-state index contributed by atoms with van der Waals surface area (Å²) in [5, 5.41) is 9.20. The first-order chi connectivity index (χ1) is 8.99. The van der Waals surface area contributed by atoms with Crippen LogP contribution in [0.3, 0.4) is 0 Å². The predicted molar refractivity (Wildman–Crippen MR) is 71.4 cm³/mol. The van der Waals surface area contributed by atoms with Gasteiger partial charge < -0.3 is 5.11 Å². The number of carboxylic acids is 1. The molecule has 0 fully saturated rings. The van der Waals surface area contributed by atoms with Crippen LogP contribution in [0.1, 0.15) is 11.3 Å². The minimum absolute atomic E-state index is 0.107. The normalized spacial score (nSPS) is 10.7. The Balaban J connectivity index is 2.47. The summed E-state index contributed by atoms with van der Waals surface area (Å²) in [4.78, 5) is 14.9. The van der Waals surface area contributed by atoms with Crippen LogP contribution in [-0.4, -0.2) is 26.4 Å². The Morgan fingerprint density at radius 1 is 1.47 bits per heavy atom. The predicted octanol–water partition coefficient (Wildman–Crippen LogP) is 2.80. The first kappa shape index (κ1) is 13.6. The molecule has 0 radical (unpaired) electrons. The number of benzene rings is 1. The molecule has 1 N–H and O–H groups in total. The Kier molecular flexibility index (Phi) is 3.90. The summed E-state index contributed by atoms with van der Waals surface area (Å²) in [7, 11) is 0. The zero-order valence-corrected chi connectivity index (χ0v) is 11.4. The maximum Gasteiger partial charge on any atom is 0.313 e. The number of carbonyl (C=O) groups is 1. The Labute approximate surface area is 114 Å². The Bertz CT molecular complexity index is 605. The van der Waals surface area contributed by atoms with E-state index in [4.69, 9.17) is 5.11 Å². The van der Waals surface area contributed by atoms with Crippen LogP contribution in [0, 0.1) is 19.7 Å². The molecular weight excluding hydrogens is 267 g/mol. The first-order valence-electron chi connectivity index (χ1n) is 5.65. The van der Waals surface area contributed by atoms with E-state index in [-0.39, 0.29) is 11.6 Å². The van der Waals surface area contributed by atoms with Crippen LogP contribution in [0.15, 0.2) is 29.6 Å². The van der Waals surface area contributed by atoms with Gasteiger partial charge in [0.2, 0.25) is 0 Å². The largest absolute Gasteiger partial charge is 0.481 e. The number of rotatable bonds is 4. The summed E-state index contributed by atoms with van der Waals surface area (Å²) >= 11 is 1.07. The lowest BCUT2D eigenvalue weighted by Gasteiger charge is -2.10. The third-order valence-corrected chi connectivity index (χ3v) is 3.49. The van der Waals surface area contributed by atoms with Crippen LogP contribution in [0.4, 0.5) is 4.39 Å². The smallest absolute Gasteiger partial charge is 0.313 e. The minimum Gasteiger partial charge on any atom is -0.481 e. The molecule has 1 aromatic carbocycles. The molecule has 0 spiro atoms. The zero-order valence-electron chi connectivity index (χ0n) is 10.6. The molecule has 6 heteroatoms. The van der Waals surface area contributed by atoms with Gasteiger partial charge in [-0.3, -0.25) is 9.36 Å². The molecule has 0 unspecified atom stereocenters. The van der Waals surface area contributed by atoms with Crippen molar-refractivity contribution in [3.05, 3.63) is 41.5 Å². The quantitative estimate of drug-likeness (QED) is 0.875. The van der Waals surface area contributed by atoms with E-state index in [1.54, 1.807) is 36.7 Å². The molecule has 0 atom stereocenters. The number of aliphatic carboxylic acids is 1. The number of carboxylic acid groups (broad SMARTS) is 1. The molecule has 0 aliphatic heterocycles. The van der Waals surface area contributed by atoms with Crippen LogP contribution < -0.4 is 0 Å². The summed E-state index contributed by atoms with van der Waals surface area (Å²) in [6.07, 6.45) is 1.70. The Hall–Kier alpha value is -1.82. The van der Waals surface area contributed by atoms with Crippen LogP contribution in [0.2, 0.25) is 0 Å². The number of para-hydroxylation sites is 1. The summed E-state index contributed by atoms with van der Waals surface area (Å²) in [6, 6.07) is 4.82. The van der Waals surface area contributed by atoms with Gasteiger partial charge in [-0.05, 0) is 25.5 Å². The summed E-state index contributed by atoms with van der Waals surface area (Å²) in [5.41, 5.74) is 1.90. The van der Waals surface area contributed by atoms with E-state index in [0.717, 1.165) is 23.0 Å². The van der Waals surface area contributed by atoms with Crippen molar-refractivity contribution in [2.24, 2.45) is 0 Å². The fraction of sp³-hybridized carbons (Fsp3) is 0.231. The molecule has 1 aromatic heterocycles. The first-order valence-corrected chi connectivity index (χ1v) is 6.63. The van der Waals surface area contributed by atoms with Crippen molar-refractivity contribution in [1.82, 2.24) is 9.55 Å². The standard InChI is InChI=1S/C13H13FN2O2S/c1-8-4-3-5-10(14)12(8)16-6-9(2)15-13(16)19-7-11(17)18/h3-6H,7H2,1-2H3,(H,17,18). The number of halogens is 1. The van der Waals surface area contributed by atoms with Gasteiger partial charge in [-0.2, -0.15) is 0 Å². The third kappa shape index (κ3) is 2.96. The lowest BCUT2D eigenvalue weighted by Crippen LogP contribution is -2.04. The third-order valence-electron chi connectivity index (χ3n) is 2.55. The molecular formula is C13H13FN2O2S. The van der Waals surface area contributed by atoms with Crippen molar-refractivity contribution in [2.75, 3.05) is 5.75 Å². The van der Waals surface area contributed by atoms with E-state index in [2.05, 4.69) is 4.98 Å². The average Bonchev–Trinajstić information content (AvgIpc) is 2.67. The SMILES string of the molecule is Cc1cn(-c2c(C)cccc2F)c(SCC(=O)O)n1. The van der Waals surface area contributed by atoms with Gasteiger partial charge in [0, 0.05) is 6.20 Å². The van der Waals surface area contributed by atoms with Gasteiger partial charge in [0.15, 0.2) is 5.16 Å². The molecule has 0 aliphatic rings. The van der Waals surface area contributed by atoms with E-state index in [1.165, 1.54) is 6.07 Å². The molecule has 0 aliphatic carbocycles. The maximum absolute atomic E-state index is 14.0. The number of imidazole rings is 1. The molecule has 100 valence electrons. The van der Waals surface area contributed by atoms with E-state index in [0.29, 0.717) is 10.8 Å². The average molecular weight is 280 g/mol. The molecule has 4 nitrogen and oxygen atoms in total. The second-order valence-corrected chi connectivity index (χ2v) is 5.07. The fourth-order valence-corrected chi connectivity index (χ4v) is 2.54. The van der Waals surface area contributed by atoms with Crippen LogP contribution >= 0.6 is 11.8 Å². The molecule has 0 bridgehead atoms. The number of hydrogen-bond acceptors (Lipinski definition) is 3. The number of aryl methyl sites for hydroxylation is 2. The lowest BCUT2D eigenvalue weighted by molar-refractivity contribution is -0.133. The number of aromatic nitrogens is 2. The fourth-order valence-electron chi connectivity index (χ4n) is 1.79. The molecule has 2 aromatic rings. The zero-order chi connectivity index (χ0) is 14.0. The van der Waals surface area contributed by atoms with Crippen LogP contribution in [-0.2, 0) is 4.79 Å². The minimum atomic E-state index is -0.928. The van der Waals surface area contributed by atoms with E-state index < -0.39 is 5.97 Å². The van der Waals surface area contributed by atoms with Gasteiger partial charge in [-0.1, -0.05) is 23.9 Å². The van der Waals surface area contributed by atoms with Gasteiger partial charge >= 0.3 is 5.97 Å². The van der Waals surface area contributed by atoms with Crippen molar-refractivity contribution in [1.29, 1.82) is 0 Å². The Morgan fingerprint density at radius 2 is 2.21 bits per heavy atom. The molecule has 2 rings (SSSR count). The van der Waals surface area contributed by atoms with Gasteiger partial charge in [-0.15, -0.1) is 0 Å². The molecule has 0 saturated heterocycles. The van der Waals surface area contributed by atoms with Crippen molar-refractivity contribution in [3.63, 3.8) is 0 Å². The van der Waals surface area contributed by atoms with Crippen molar-refractivity contribution in [3.8, 4) is 5.69 Å². The summed E-state index contributed by atoms with van der Waals surface area (Å²) in [6.45, 7) is 3.59. The Morgan fingerprint density at radius 3 is 2.84 bits per heavy atom. The molecule has 1 heterocycles. The van der Waals surface area contributed by atoms with Gasteiger partial charge in [0.1, 0.15) is 5.82 Å². The van der Waals surface area contributed by atoms with Gasteiger partial charge in [0.05, 0.1) is 17.1 Å². The van der Waals surface area contributed by atoms with E-state index in [9.17, 15) is 9.18 Å². The number of thioether (sulfide) groups is 1. The highest BCUT2D eigenvalue weighted by Crippen LogP contribution is 2.25. The summed E-state index contributed by atoms with van der Waals surface area (Å²) < 4.78 is 15.6. The second kappa shape index (κ2) is 5.44. The highest BCUT2D eigenvalue weighted by atomic mass is 32.2. The second-order valence-electron chi connectivity index (χ2n) is 4.12. The van der Waals surface area contributed by atoms with E-state index >= 15 is 0 Å². The maximum atomic E-state index is 14.0. The number of nitrogens with zero attached hydrogens (tertiary/aromatic N) is 2. The van der Waals surface area contributed by atoms with Gasteiger partial charge in [-0.25, -0.2) is 9.37 Å². The number of hydrogen-bond donors (Lipinski definition) is 1. The molecule has 0 amide bonds. The van der Waals surface area contributed by atoms with Crippen molar-refractivity contribution in [2.45, 2.75) is 19.0 Å². The van der Waals surface area contributed by atoms with E-state index in [1.807, 2.05) is 0 Å². The lowest BCUT2D eigenvalue weighted by atomic mass is 10.2. The molecule has 19 heavy (non-hydrogen) atoms. The van der Waals surface area contributed by atoms with Crippen LogP contribution in [0.25, 0.3) is 5.69 Å². The topological polar surface area (TPSA) is 55.1 Å². The summed E-state index contributed by atoms with van der Waals surface area (Å²) in [5.74, 6) is -1.39. The van der Waals surface area contributed by atoms with Crippen molar-refractivity contribution >= 4 is 17.7 Å². The van der Waals surface area contributed by atoms with Gasteiger partial charge in [0.25, 0.3) is 0 Å². The van der Waals surface area contributed by atoms with Crippen LogP contribution in [0.5, 0.6) is 0 Å². The molecule has 0 saturated carbocycles. The highest BCUT2D eigenvalue weighted by molar-refractivity contribution is 7.99. The highest BCUT2D eigenvalue weighted by Gasteiger charge is 2.14. The monoisotopic (exact) mass is 280 g/mol.